The minimum absolute atomic E-state index is 0.291. The van der Waals surface area contributed by atoms with Crippen molar-refractivity contribution in [1.29, 1.82) is 0 Å². The van der Waals surface area contributed by atoms with E-state index < -0.39 is 6.04 Å². The van der Waals surface area contributed by atoms with Crippen molar-refractivity contribution < 1.29 is 9.59 Å². The fourth-order valence-electron chi connectivity index (χ4n) is 2.61. The number of halogens is 2. The van der Waals surface area contributed by atoms with Crippen LogP contribution in [0.5, 0.6) is 0 Å². The standard InChI is InChI=1S/C15H14Br2N4O2/c16-10-2-3-11(12(17)8-10)13-14(22)19-15(23)21(13)6-1-5-20-7-4-18-9-20/h2-4,7-9,13H,1,5-6H2,(H,19,22,23). The van der Waals surface area contributed by atoms with E-state index in [4.69, 9.17) is 0 Å². The molecule has 0 spiro atoms. The van der Waals surface area contributed by atoms with Crippen LogP contribution in [0.4, 0.5) is 4.79 Å². The van der Waals surface area contributed by atoms with Crippen molar-refractivity contribution >= 4 is 43.8 Å². The smallest absolute Gasteiger partial charge is 0.325 e. The molecule has 2 heterocycles. The molecule has 1 fully saturated rings. The third-order valence-electron chi connectivity index (χ3n) is 3.68. The second kappa shape index (κ2) is 6.84. The summed E-state index contributed by atoms with van der Waals surface area (Å²) in [6.45, 7) is 1.23. The number of nitrogens with one attached hydrogen (secondary N) is 1. The Balaban J connectivity index is 1.76. The van der Waals surface area contributed by atoms with Gasteiger partial charge in [0.25, 0.3) is 5.91 Å². The summed E-state index contributed by atoms with van der Waals surface area (Å²) in [6, 6.07) is 4.63. The molecule has 1 saturated heterocycles. The van der Waals surface area contributed by atoms with Gasteiger partial charge in [-0.15, -0.1) is 0 Å². The number of hydrogen-bond acceptors (Lipinski definition) is 3. The number of benzene rings is 1. The molecular formula is C15H14Br2N4O2. The number of amides is 3. The average molecular weight is 442 g/mol. The van der Waals surface area contributed by atoms with Crippen LogP contribution in [-0.4, -0.2) is 32.9 Å². The molecule has 3 rings (SSSR count). The van der Waals surface area contributed by atoms with Gasteiger partial charge in [-0.05, 0) is 24.1 Å². The highest BCUT2D eigenvalue weighted by Crippen LogP contribution is 2.33. The van der Waals surface area contributed by atoms with Gasteiger partial charge in [0.1, 0.15) is 6.04 Å². The second-order valence-electron chi connectivity index (χ2n) is 5.21. The molecule has 0 saturated carbocycles. The minimum atomic E-state index is -0.604. The maximum atomic E-state index is 12.2. The van der Waals surface area contributed by atoms with Crippen molar-refractivity contribution in [1.82, 2.24) is 19.8 Å². The second-order valence-corrected chi connectivity index (χ2v) is 6.98. The van der Waals surface area contributed by atoms with Crippen LogP contribution in [0.15, 0.2) is 45.9 Å². The molecule has 1 aromatic carbocycles. The van der Waals surface area contributed by atoms with Crippen molar-refractivity contribution in [3.8, 4) is 0 Å². The summed E-state index contributed by atoms with van der Waals surface area (Å²) in [5.74, 6) is -0.291. The van der Waals surface area contributed by atoms with E-state index in [1.54, 1.807) is 17.4 Å². The Morgan fingerprint density at radius 1 is 1.22 bits per heavy atom. The average Bonchev–Trinajstić information content (AvgIpc) is 3.09. The van der Waals surface area contributed by atoms with Crippen LogP contribution in [0.2, 0.25) is 0 Å². The van der Waals surface area contributed by atoms with Crippen molar-refractivity contribution in [3.05, 3.63) is 51.4 Å². The Morgan fingerprint density at radius 2 is 2.04 bits per heavy atom. The summed E-state index contributed by atoms with van der Waals surface area (Å²) in [4.78, 5) is 29.9. The number of aromatic nitrogens is 2. The normalized spacial score (nSPS) is 17.7. The molecule has 1 N–H and O–H groups in total. The molecule has 8 heteroatoms. The lowest BCUT2D eigenvalue weighted by Crippen LogP contribution is -2.31. The van der Waals surface area contributed by atoms with Gasteiger partial charge in [0.05, 0.1) is 6.33 Å². The van der Waals surface area contributed by atoms with Gasteiger partial charge in [-0.3, -0.25) is 10.1 Å². The number of carbonyl (C=O) groups is 2. The maximum Gasteiger partial charge on any atom is 0.325 e. The van der Waals surface area contributed by atoms with Gasteiger partial charge < -0.3 is 9.47 Å². The summed E-state index contributed by atoms with van der Waals surface area (Å²) in [7, 11) is 0. The van der Waals surface area contributed by atoms with E-state index in [9.17, 15) is 9.59 Å². The SMILES string of the molecule is O=C1NC(=O)N(CCCn2ccnc2)C1c1ccc(Br)cc1Br. The van der Waals surface area contributed by atoms with E-state index in [0.29, 0.717) is 6.54 Å². The number of nitrogens with zero attached hydrogens (tertiary/aromatic N) is 3. The Morgan fingerprint density at radius 3 is 2.74 bits per heavy atom. The van der Waals surface area contributed by atoms with Gasteiger partial charge in [0, 0.05) is 34.4 Å². The van der Waals surface area contributed by atoms with Crippen molar-refractivity contribution in [2.24, 2.45) is 0 Å². The summed E-state index contributed by atoms with van der Waals surface area (Å²) in [5, 5.41) is 2.40. The third kappa shape index (κ3) is 3.48. The van der Waals surface area contributed by atoms with Crippen LogP contribution >= 0.6 is 31.9 Å². The molecule has 0 bridgehead atoms. The first kappa shape index (κ1) is 16.2. The highest BCUT2D eigenvalue weighted by molar-refractivity contribution is 9.11. The molecule has 0 radical (unpaired) electrons. The molecule has 1 unspecified atom stereocenters. The zero-order chi connectivity index (χ0) is 16.4. The van der Waals surface area contributed by atoms with E-state index in [-0.39, 0.29) is 11.9 Å². The molecule has 0 aliphatic carbocycles. The van der Waals surface area contributed by atoms with Crippen molar-refractivity contribution in [3.63, 3.8) is 0 Å². The van der Waals surface area contributed by atoms with E-state index in [2.05, 4.69) is 42.2 Å². The van der Waals surface area contributed by atoms with E-state index in [1.165, 1.54) is 0 Å². The van der Waals surface area contributed by atoms with E-state index in [1.807, 2.05) is 29.0 Å². The van der Waals surface area contributed by atoms with Crippen molar-refractivity contribution in [2.45, 2.75) is 19.0 Å². The molecule has 1 aliphatic heterocycles. The summed E-state index contributed by atoms with van der Waals surface area (Å²) in [5.41, 5.74) is 0.777. The number of rotatable bonds is 5. The molecular weight excluding hydrogens is 428 g/mol. The Bertz CT molecular complexity index is 733. The van der Waals surface area contributed by atoms with Gasteiger partial charge in [-0.2, -0.15) is 0 Å². The number of imidazole rings is 1. The van der Waals surface area contributed by atoms with Gasteiger partial charge in [-0.25, -0.2) is 9.78 Å². The minimum Gasteiger partial charge on any atom is -0.337 e. The summed E-state index contributed by atoms with van der Waals surface area (Å²) in [6.07, 6.45) is 6.06. The Hall–Kier alpha value is -1.67. The lowest BCUT2D eigenvalue weighted by Gasteiger charge is -2.23. The predicted molar refractivity (Wildman–Crippen MR) is 91.7 cm³/mol. The lowest BCUT2D eigenvalue weighted by molar-refractivity contribution is -0.121. The van der Waals surface area contributed by atoms with Crippen LogP contribution in [0.1, 0.15) is 18.0 Å². The van der Waals surface area contributed by atoms with Crippen LogP contribution < -0.4 is 5.32 Å². The van der Waals surface area contributed by atoms with Crippen molar-refractivity contribution in [2.75, 3.05) is 6.54 Å². The zero-order valence-corrected chi connectivity index (χ0v) is 15.2. The van der Waals surface area contributed by atoms with E-state index >= 15 is 0 Å². The fourth-order valence-corrected chi connectivity index (χ4v) is 3.87. The monoisotopic (exact) mass is 440 g/mol. The highest BCUT2D eigenvalue weighted by Gasteiger charge is 2.39. The summed E-state index contributed by atoms with van der Waals surface area (Å²) >= 11 is 6.86. The highest BCUT2D eigenvalue weighted by atomic mass is 79.9. The number of imide groups is 1. The van der Waals surface area contributed by atoms with Crippen LogP contribution in [0.3, 0.4) is 0 Å². The van der Waals surface area contributed by atoms with Gasteiger partial charge in [0.2, 0.25) is 0 Å². The number of aryl methyl sites for hydroxylation is 1. The molecule has 1 atom stereocenters. The largest absolute Gasteiger partial charge is 0.337 e. The summed E-state index contributed by atoms with van der Waals surface area (Å²) < 4.78 is 3.64. The Labute approximate surface area is 150 Å². The Kier molecular flexibility index (Phi) is 4.82. The molecule has 1 aliphatic rings. The van der Waals surface area contributed by atoms with Gasteiger partial charge in [0.15, 0.2) is 0 Å². The number of hydrogen-bond donors (Lipinski definition) is 1. The maximum absolute atomic E-state index is 12.2. The fraction of sp³-hybridized carbons (Fsp3) is 0.267. The molecule has 1 aromatic heterocycles. The molecule has 2 aromatic rings. The zero-order valence-electron chi connectivity index (χ0n) is 12.1. The topological polar surface area (TPSA) is 67.2 Å². The third-order valence-corrected chi connectivity index (χ3v) is 4.86. The molecule has 23 heavy (non-hydrogen) atoms. The lowest BCUT2D eigenvalue weighted by atomic mass is 10.1. The quantitative estimate of drug-likeness (QED) is 0.725. The molecule has 120 valence electrons. The predicted octanol–water partition coefficient (Wildman–Crippen LogP) is 3.09. The van der Waals surface area contributed by atoms with Crippen LogP contribution in [0.25, 0.3) is 0 Å². The van der Waals surface area contributed by atoms with Crippen LogP contribution in [0, 0.1) is 0 Å². The first-order valence-corrected chi connectivity index (χ1v) is 8.67. The first-order valence-electron chi connectivity index (χ1n) is 7.08. The molecule has 3 amide bonds. The van der Waals surface area contributed by atoms with Crippen LogP contribution in [-0.2, 0) is 11.3 Å². The van der Waals surface area contributed by atoms with Gasteiger partial charge >= 0.3 is 6.03 Å². The van der Waals surface area contributed by atoms with Gasteiger partial charge in [-0.1, -0.05) is 37.9 Å². The first-order chi connectivity index (χ1) is 11.1. The number of carbonyl (C=O) groups excluding carboxylic acids is 2. The molecule has 6 nitrogen and oxygen atoms in total. The number of urea groups is 1. The van der Waals surface area contributed by atoms with E-state index in [0.717, 1.165) is 27.5 Å².